The van der Waals surface area contributed by atoms with Gasteiger partial charge in [-0.15, -0.1) is 0 Å². The van der Waals surface area contributed by atoms with Gasteiger partial charge < -0.3 is 5.11 Å². The van der Waals surface area contributed by atoms with Gasteiger partial charge in [0.05, 0.1) is 11.3 Å². The summed E-state index contributed by atoms with van der Waals surface area (Å²) in [6.07, 6.45) is 0. The molecular weight excluding hydrogens is 309 g/mol. The summed E-state index contributed by atoms with van der Waals surface area (Å²) in [5.74, 6) is -1.95. The summed E-state index contributed by atoms with van der Waals surface area (Å²) in [5.41, 5.74) is 1.28. The normalized spacial score (nSPS) is 11.2. The number of rotatable bonds is 4. The highest BCUT2D eigenvalue weighted by molar-refractivity contribution is 7.92. The van der Waals surface area contributed by atoms with Crippen LogP contribution in [0.25, 0.3) is 0 Å². The predicted octanol–water partition coefficient (Wildman–Crippen LogP) is 2.94. The molecule has 0 amide bonds. The van der Waals surface area contributed by atoms with Crippen molar-refractivity contribution in [2.24, 2.45) is 0 Å². The third kappa shape index (κ3) is 3.25. The number of hydrogen-bond donors (Lipinski definition) is 2. The molecule has 0 aromatic heterocycles. The van der Waals surface area contributed by atoms with Crippen LogP contribution in [-0.2, 0) is 10.0 Å². The number of aryl methyl sites for hydroxylation is 2. The van der Waals surface area contributed by atoms with Gasteiger partial charge in [-0.25, -0.2) is 17.6 Å². The maximum Gasteiger partial charge on any atom is 0.335 e. The molecule has 0 heterocycles. The lowest BCUT2D eigenvalue weighted by Gasteiger charge is -2.12. The monoisotopic (exact) mass is 323 g/mol. The molecule has 0 unspecified atom stereocenters. The average Bonchev–Trinajstić information content (AvgIpc) is 2.40. The summed E-state index contributed by atoms with van der Waals surface area (Å²) in [6.45, 7) is 3.22. The van der Waals surface area contributed by atoms with E-state index >= 15 is 0 Å². The number of carbonyl (C=O) groups is 1. The van der Waals surface area contributed by atoms with Crippen LogP contribution in [0.2, 0.25) is 0 Å². The van der Waals surface area contributed by atoms with E-state index in [-0.39, 0.29) is 11.3 Å². The molecule has 2 aromatic rings. The Hall–Kier alpha value is -2.41. The second kappa shape index (κ2) is 5.76. The Morgan fingerprint density at radius 2 is 1.82 bits per heavy atom. The standard InChI is InChI=1S/C15H14FNO4S/c1-9-3-6-14(12(16)7-9)22(20,21)17-13-5-4-11(15(18)19)8-10(13)2/h3-8,17H,1-2H3,(H,18,19). The van der Waals surface area contributed by atoms with Crippen LogP contribution >= 0.6 is 0 Å². The first kappa shape index (κ1) is 16.0. The van der Waals surface area contributed by atoms with E-state index in [1.54, 1.807) is 13.8 Å². The van der Waals surface area contributed by atoms with Crippen molar-refractivity contribution in [1.82, 2.24) is 0 Å². The summed E-state index contributed by atoms with van der Waals surface area (Å²) >= 11 is 0. The van der Waals surface area contributed by atoms with Gasteiger partial charge in [0.15, 0.2) is 0 Å². The maximum atomic E-state index is 13.8. The van der Waals surface area contributed by atoms with E-state index in [0.29, 0.717) is 11.1 Å². The average molecular weight is 323 g/mol. The van der Waals surface area contributed by atoms with Gasteiger partial charge in [0.1, 0.15) is 10.7 Å². The lowest BCUT2D eigenvalue weighted by Crippen LogP contribution is -2.15. The molecule has 5 nitrogen and oxygen atoms in total. The quantitative estimate of drug-likeness (QED) is 0.906. The van der Waals surface area contributed by atoms with E-state index in [4.69, 9.17) is 5.11 Å². The first-order valence-electron chi connectivity index (χ1n) is 6.33. The molecular formula is C15H14FNO4S. The highest BCUT2D eigenvalue weighted by atomic mass is 32.2. The predicted molar refractivity (Wildman–Crippen MR) is 80.1 cm³/mol. The lowest BCUT2D eigenvalue weighted by atomic mass is 10.1. The zero-order valence-electron chi connectivity index (χ0n) is 11.9. The second-order valence-electron chi connectivity index (χ2n) is 4.87. The van der Waals surface area contributed by atoms with Crippen LogP contribution < -0.4 is 4.72 Å². The van der Waals surface area contributed by atoms with Crippen LogP contribution in [0.15, 0.2) is 41.3 Å². The second-order valence-corrected chi connectivity index (χ2v) is 6.53. The van der Waals surface area contributed by atoms with Crippen molar-refractivity contribution in [2.45, 2.75) is 18.7 Å². The molecule has 116 valence electrons. The molecule has 0 spiro atoms. The largest absolute Gasteiger partial charge is 0.478 e. The third-order valence-electron chi connectivity index (χ3n) is 3.09. The number of anilines is 1. The lowest BCUT2D eigenvalue weighted by molar-refractivity contribution is 0.0697. The van der Waals surface area contributed by atoms with Crippen LogP contribution in [0.4, 0.5) is 10.1 Å². The number of sulfonamides is 1. The molecule has 7 heteroatoms. The summed E-state index contributed by atoms with van der Waals surface area (Å²) in [5, 5.41) is 8.88. The van der Waals surface area contributed by atoms with Gasteiger partial charge in [0.2, 0.25) is 0 Å². The molecule has 22 heavy (non-hydrogen) atoms. The van der Waals surface area contributed by atoms with E-state index in [9.17, 15) is 17.6 Å². The van der Waals surface area contributed by atoms with Crippen molar-refractivity contribution in [1.29, 1.82) is 0 Å². The van der Waals surface area contributed by atoms with Crippen molar-refractivity contribution >= 4 is 21.7 Å². The molecule has 2 aromatic carbocycles. The van der Waals surface area contributed by atoms with Crippen molar-refractivity contribution in [3.63, 3.8) is 0 Å². The number of halogens is 1. The Balaban J connectivity index is 2.39. The summed E-state index contributed by atoms with van der Waals surface area (Å²) in [7, 11) is -4.09. The summed E-state index contributed by atoms with van der Waals surface area (Å²) < 4.78 is 40.6. The topological polar surface area (TPSA) is 83.5 Å². The van der Waals surface area contributed by atoms with Crippen LogP contribution in [0.1, 0.15) is 21.5 Å². The minimum Gasteiger partial charge on any atom is -0.478 e. The zero-order valence-corrected chi connectivity index (χ0v) is 12.7. The van der Waals surface area contributed by atoms with E-state index in [2.05, 4.69) is 4.72 Å². The Morgan fingerprint density at radius 3 is 2.36 bits per heavy atom. The zero-order chi connectivity index (χ0) is 16.5. The maximum absolute atomic E-state index is 13.8. The van der Waals surface area contributed by atoms with Crippen molar-refractivity contribution in [2.75, 3.05) is 4.72 Å². The molecule has 0 fully saturated rings. The number of carboxylic acids is 1. The third-order valence-corrected chi connectivity index (χ3v) is 4.49. The molecule has 0 radical (unpaired) electrons. The molecule has 2 rings (SSSR count). The van der Waals surface area contributed by atoms with E-state index < -0.39 is 26.7 Å². The Labute approximate surface area is 127 Å². The van der Waals surface area contributed by atoms with Crippen molar-refractivity contribution in [3.05, 3.63) is 58.9 Å². The molecule has 0 atom stereocenters. The van der Waals surface area contributed by atoms with E-state index in [1.807, 2.05) is 0 Å². The number of nitrogens with one attached hydrogen (secondary N) is 1. The van der Waals surface area contributed by atoms with Crippen molar-refractivity contribution in [3.8, 4) is 0 Å². The first-order valence-corrected chi connectivity index (χ1v) is 7.82. The summed E-state index contributed by atoms with van der Waals surface area (Å²) in [6, 6.07) is 7.77. The highest BCUT2D eigenvalue weighted by Gasteiger charge is 2.20. The molecule has 0 aliphatic heterocycles. The van der Waals surface area contributed by atoms with Gasteiger partial charge in [-0.2, -0.15) is 0 Å². The van der Waals surface area contributed by atoms with E-state index in [1.165, 1.54) is 30.3 Å². The van der Waals surface area contributed by atoms with Gasteiger partial charge in [-0.1, -0.05) is 6.07 Å². The molecule has 0 aliphatic carbocycles. The number of aromatic carboxylic acids is 1. The number of benzene rings is 2. The molecule has 0 saturated heterocycles. The Morgan fingerprint density at radius 1 is 1.14 bits per heavy atom. The SMILES string of the molecule is Cc1ccc(S(=O)(=O)Nc2ccc(C(=O)O)cc2C)c(F)c1. The molecule has 0 bridgehead atoms. The fourth-order valence-corrected chi connectivity index (χ4v) is 3.13. The minimum absolute atomic E-state index is 0.0435. The Kier molecular flexibility index (Phi) is 4.18. The summed E-state index contributed by atoms with van der Waals surface area (Å²) in [4.78, 5) is 10.4. The number of carboxylic acid groups (broad SMARTS) is 1. The fourth-order valence-electron chi connectivity index (χ4n) is 1.93. The molecule has 0 aliphatic rings. The van der Waals surface area contributed by atoms with Crippen LogP contribution in [0.5, 0.6) is 0 Å². The Bertz CT molecular complexity index is 847. The van der Waals surface area contributed by atoms with E-state index in [0.717, 1.165) is 6.07 Å². The van der Waals surface area contributed by atoms with Crippen molar-refractivity contribution < 1.29 is 22.7 Å². The first-order chi connectivity index (χ1) is 10.2. The van der Waals surface area contributed by atoms with Gasteiger partial charge in [0, 0.05) is 0 Å². The highest BCUT2D eigenvalue weighted by Crippen LogP contribution is 2.23. The molecule has 2 N–H and O–H groups in total. The minimum atomic E-state index is -4.09. The smallest absolute Gasteiger partial charge is 0.335 e. The van der Waals surface area contributed by atoms with Crippen LogP contribution in [0, 0.1) is 19.7 Å². The van der Waals surface area contributed by atoms with Crippen LogP contribution in [0.3, 0.4) is 0 Å². The fraction of sp³-hybridized carbons (Fsp3) is 0.133. The molecule has 0 saturated carbocycles. The van der Waals surface area contributed by atoms with Gasteiger partial charge >= 0.3 is 5.97 Å². The van der Waals surface area contributed by atoms with Gasteiger partial charge in [-0.3, -0.25) is 4.72 Å². The van der Waals surface area contributed by atoms with Gasteiger partial charge in [-0.05, 0) is 55.3 Å². The number of hydrogen-bond acceptors (Lipinski definition) is 3. The van der Waals surface area contributed by atoms with Crippen LogP contribution in [-0.4, -0.2) is 19.5 Å². The van der Waals surface area contributed by atoms with Gasteiger partial charge in [0.25, 0.3) is 10.0 Å².